The van der Waals surface area contributed by atoms with E-state index in [4.69, 9.17) is 9.47 Å². The molecule has 1 heterocycles. The van der Waals surface area contributed by atoms with Crippen molar-refractivity contribution in [2.24, 2.45) is 0 Å². The van der Waals surface area contributed by atoms with Crippen LogP contribution in [0, 0.1) is 0 Å². The van der Waals surface area contributed by atoms with Crippen LogP contribution < -0.4 is 4.74 Å². The lowest BCUT2D eigenvalue weighted by Gasteiger charge is -2.37. The summed E-state index contributed by atoms with van der Waals surface area (Å²) in [5, 5.41) is 10.1. The molecule has 82 valence electrons. The van der Waals surface area contributed by atoms with Gasteiger partial charge >= 0.3 is 0 Å². The van der Waals surface area contributed by atoms with Gasteiger partial charge in [-0.05, 0) is 19.1 Å². The molecule has 4 heteroatoms. The summed E-state index contributed by atoms with van der Waals surface area (Å²) in [6.07, 6.45) is 0. The molecule has 0 bridgehead atoms. The van der Waals surface area contributed by atoms with Crippen LogP contribution in [0.25, 0.3) is 0 Å². The molecule has 2 rings (SSSR count). The third-order valence-corrected chi connectivity index (χ3v) is 3.09. The predicted octanol–water partition coefficient (Wildman–Crippen LogP) is 2.07. The maximum Gasteiger partial charge on any atom is 0.137 e. The van der Waals surface area contributed by atoms with E-state index in [9.17, 15) is 5.11 Å². The fourth-order valence-electron chi connectivity index (χ4n) is 1.58. The lowest BCUT2D eigenvalue weighted by atomic mass is 9.92. The number of hydrogen-bond acceptors (Lipinski definition) is 3. The minimum Gasteiger partial charge on any atom is -0.494 e. The Bertz CT molecular complexity index is 361. The molecule has 1 N–H and O–H groups in total. The van der Waals surface area contributed by atoms with E-state index < -0.39 is 5.60 Å². The topological polar surface area (TPSA) is 38.7 Å². The van der Waals surface area contributed by atoms with Crippen molar-refractivity contribution in [1.82, 2.24) is 0 Å². The Morgan fingerprint density at radius 3 is 2.73 bits per heavy atom. The minimum atomic E-state index is -0.830. The van der Waals surface area contributed by atoms with Gasteiger partial charge in [0.15, 0.2) is 0 Å². The van der Waals surface area contributed by atoms with Crippen molar-refractivity contribution in [2.45, 2.75) is 12.5 Å². The molecule has 1 aromatic carbocycles. The van der Waals surface area contributed by atoms with Gasteiger partial charge in [0, 0.05) is 10.0 Å². The quantitative estimate of drug-likeness (QED) is 0.916. The van der Waals surface area contributed by atoms with Crippen LogP contribution in [0.3, 0.4) is 0 Å². The minimum absolute atomic E-state index is 0.361. The highest BCUT2D eigenvalue weighted by Gasteiger charge is 2.39. The van der Waals surface area contributed by atoms with Crippen LogP contribution >= 0.6 is 15.9 Å². The van der Waals surface area contributed by atoms with E-state index in [0.29, 0.717) is 19.8 Å². The van der Waals surface area contributed by atoms with Gasteiger partial charge in [-0.15, -0.1) is 0 Å². The summed E-state index contributed by atoms with van der Waals surface area (Å²) in [5.41, 5.74) is 0.0287. The van der Waals surface area contributed by atoms with E-state index in [1.807, 2.05) is 25.1 Å². The molecule has 0 saturated carbocycles. The van der Waals surface area contributed by atoms with E-state index in [2.05, 4.69) is 15.9 Å². The third-order valence-electron chi connectivity index (χ3n) is 2.43. The van der Waals surface area contributed by atoms with Gasteiger partial charge in [0.1, 0.15) is 11.4 Å². The fourth-order valence-corrected chi connectivity index (χ4v) is 2.31. The smallest absolute Gasteiger partial charge is 0.137 e. The Morgan fingerprint density at radius 1 is 1.53 bits per heavy atom. The Hall–Kier alpha value is -0.580. The van der Waals surface area contributed by atoms with E-state index >= 15 is 0 Å². The Balaban J connectivity index is 2.26. The monoisotopic (exact) mass is 272 g/mol. The molecule has 1 aliphatic heterocycles. The summed E-state index contributed by atoms with van der Waals surface area (Å²) < 4.78 is 11.2. The Labute approximate surface area is 97.1 Å². The van der Waals surface area contributed by atoms with Gasteiger partial charge < -0.3 is 14.6 Å². The van der Waals surface area contributed by atoms with Crippen LogP contribution in [0.5, 0.6) is 5.75 Å². The molecular formula is C11H13BrO3. The number of aliphatic hydroxyl groups is 1. The van der Waals surface area contributed by atoms with Crippen LogP contribution in [-0.2, 0) is 10.3 Å². The molecule has 15 heavy (non-hydrogen) atoms. The van der Waals surface area contributed by atoms with Crippen molar-refractivity contribution >= 4 is 15.9 Å². The summed E-state index contributed by atoms with van der Waals surface area (Å²) in [5.74, 6) is 0.803. The van der Waals surface area contributed by atoms with Crippen molar-refractivity contribution in [3.05, 3.63) is 28.2 Å². The molecule has 1 saturated heterocycles. The molecule has 0 unspecified atom stereocenters. The Kier molecular flexibility index (Phi) is 3.00. The molecule has 1 aliphatic rings. The highest BCUT2D eigenvalue weighted by molar-refractivity contribution is 9.10. The average Bonchev–Trinajstić information content (AvgIpc) is 2.15. The standard InChI is InChI=1S/C11H13BrO3/c1-2-15-8-3-4-9(10(12)5-8)11(13)6-14-7-11/h3-5,13H,2,6-7H2,1H3. The largest absolute Gasteiger partial charge is 0.494 e. The van der Waals surface area contributed by atoms with Gasteiger partial charge in [-0.1, -0.05) is 22.0 Å². The van der Waals surface area contributed by atoms with Crippen molar-refractivity contribution in [2.75, 3.05) is 19.8 Å². The highest BCUT2D eigenvalue weighted by atomic mass is 79.9. The van der Waals surface area contributed by atoms with Gasteiger partial charge in [0.2, 0.25) is 0 Å². The second kappa shape index (κ2) is 4.12. The zero-order valence-electron chi connectivity index (χ0n) is 8.50. The van der Waals surface area contributed by atoms with Gasteiger partial charge in [0.05, 0.1) is 19.8 Å². The molecule has 0 aromatic heterocycles. The number of halogens is 1. The van der Waals surface area contributed by atoms with Crippen molar-refractivity contribution in [3.63, 3.8) is 0 Å². The summed E-state index contributed by atoms with van der Waals surface area (Å²) in [6, 6.07) is 5.60. The second-order valence-corrected chi connectivity index (χ2v) is 4.45. The van der Waals surface area contributed by atoms with Crippen LogP contribution in [-0.4, -0.2) is 24.9 Å². The summed E-state index contributed by atoms with van der Waals surface area (Å²) in [4.78, 5) is 0. The van der Waals surface area contributed by atoms with Crippen LogP contribution in [0.4, 0.5) is 0 Å². The number of benzene rings is 1. The first kappa shape index (κ1) is 10.9. The average molecular weight is 273 g/mol. The van der Waals surface area contributed by atoms with Crippen LogP contribution in [0.15, 0.2) is 22.7 Å². The van der Waals surface area contributed by atoms with Gasteiger partial charge in [-0.2, -0.15) is 0 Å². The first-order valence-electron chi connectivity index (χ1n) is 4.88. The molecule has 3 nitrogen and oxygen atoms in total. The van der Waals surface area contributed by atoms with E-state index in [0.717, 1.165) is 15.8 Å². The maximum absolute atomic E-state index is 10.1. The molecule has 1 aromatic rings. The lowest BCUT2D eigenvalue weighted by molar-refractivity contribution is -0.185. The molecule has 0 amide bonds. The zero-order chi connectivity index (χ0) is 10.9. The molecule has 0 aliphatic carbocycles. The van der Waals surface area contributed by atoms with Gasteiger partial charge in [-0.25, -0.2) is 0 Å². The SMILES string of the molecule is CCOc1ccc(C2(O)COC2)c(Br)c1. The van der Waals surface area contributed by atoms with Crippen molar-refractivity contribution < 1.29 is 14.6 Å². The lowest BCUT2D eigenvalue weighted by Crippen LogP contribution is -2.46. The van der Waals surface area contributed by atoms with Crippen molar-refractivity contribution in [3.8, 4) is 5.75 Å². The first-order valence-corrected chi connectivity index (χ1v) is 5.68. The summed E-state index contributed by atoms with van der Waals surface area (Å²) in [6.45, 7) is 3.30. The third kappa shape index (κ3) is 2.02. The summed E-state index contributed by atoms with van der Waals surface area (Å²) in [7, 11) is 0. The molecule has 0 atom stereocenters. The molecule has 1 fully saturated rings. The number of hydrogen-bond donors (Lipinski definition) is 1. The van der Waals surface area contributed by atoms with E-state index in [1.165, 1.54) is 0 Å². The highest BCUT2D eigenvalue weighted by Crippen LogP contribution is 2.36. The van der Waals surface area contributed by atoms with Crippen LogP contribution in [0.1, 0.15) is 12.5 Å². The number of rotatable bonds is 3. The van der Waals surface area contributed by atoms with Crippen LogP contribution in [0.2, 0.25) is 0 Å². The van der Waals surface area contributed by atoms with Crippen molar-refractivity contribution in [1.29, 1.82) is 0 Å². The predicted molar refractivity (Wildman–Crippen MR) is 60.0 cm³/mol. The normalized spacial score (nSPS) is 18.3. The van der Waals surface area contributed by atoms with Gasteiger partial charge in [-0.3, -0.25) is 0 Å². The Morgan fingerprint density at radius 2 is 2.27 bits per heavy atom. The molecule has 0 radical (unpaired) electrons. The number of ether oxygens (including phenoxy) is 2. The molecule has 0 spiro atoms. The fraction of sp³-hybridized carbons (Fsp3) is 0.455. The second-order valence-electron chi connectivity index (χ2n) is 3.60. The van der Waals surface area contributed by atoms with E-state index in [-0.39, 0.29) is 0 Å². The zero-order valence-corrected chi connectivity index (χ0v) is 10.1. The van der Waals surface area contributed by atoms with E-state index in [1.54, 1.807) is 0 Å². The summed E-state index contributed by atoms with van der Waals surface area (Å²) >= 11 is 3.43. The first-order chi connectivity index (χ1) is 7.15. The molecular weight excluding hydrogens is 260 g/mol. The maximum atomic E-state index is 10.1. The van der Waals surface area contributed by atoms with Gasteiger partial charge in [0.25, 0.3) is 0 Å².